The van der Waals surface area contributed by atoms with Crippen molar-refractivity contribution in [2.24, 2.45) is 11.7 Å². The van der Waals surface area contributed by atoms with Crippen LogP contribution in [0.15, 0.2) is 0 Å². The van der Waals surface area contributed by atoms with Crippen molar-refractivity contribution in [3.05, 3.63) is 0 Å². The topological polar surface area (TPSA) is 80.0 Å². The minimum Gasteiger partial charge on any atom is -0.463 e. The predicted octanol–water partition coefficient (Wildman–Crippen LogP) is 0.337. The molecule has 0 unspecified atom stereocenters. The maximum Gasteiger partial charge on any atom is 0.309 e. The monoisotopic (exact) mass is 275 g/mol. The van der Waals surface area contributed by atoms with Crippen LogP contribution in [0.5, 0.6) is 0 Å². The number of carbonyl (C=O) groups is 1. The average molecular weight is 275 g/mol. The van der Waals surface area contributed by atoms with E-state index in [2.05, 4.69) is 0 Å². The van der Waals surface area contributed by atoms with Gasteiger partial charge in [-0.05, 0) is 19.3 Å². The molecular formula is C13H25NO5. The second kappa shape index (κ2) is 10.1. The molecule has 0 spiro atoms. The van der Waals surface area contributed by atoms with Crippen molar-refractivity contribution in [3.63, 3.8) is 0 Å². The minimum atomic E-state index is -0.145. The molecule has 1 rings (SSSR count). The zero-order valence-electron chi connectivity index (χ0n) is 11.6. The van der Waals surface area contributed by atoms with Gasteiger partial charge < -0.3 is 24.7 Å². The van der Waals surface area contributed by atoms with Gasteiger partial charge in [-0.3, -0.25) is 4.79 Å². The lowest BCUT2D eigenvalue weighted by atomic mass is 10.1. The first-order valence-corrected chi connectivity index (χ1v) is 6.80. The highest BCUT2D eigenvalue weighted by Crippen LogP contribution is 2.24. The fourth-order valence-electron chi connectivity index (χ4n) is 2.01. The molecule has 6 nitrogen and oxygen atoms in total. The maximum absolute atomic E-state index is 11.6. The van der Waals surface area contributed by atoms with Crippen LogP contribution in [0.4, 0.5) is 0 Å². The predicted molar refractivity (Wildman–Crippen MR) is 69.8 cm³/mol. The van der Waals surface area contributed by atoms with Crippen LogP contribution in [0.3, 0.4) is 0 Å². The van der Waals surface area contributed by atoms with E-state index in [9.17, 15) is 4.79 Å². The molecule has 2 atom stereocenters. The van der Waals surface area contributed by atoms with Crippen molar-refractivity contribution in [1.29, 1.82) is 0 Å². The second-order valence-corrected chi connectivity index (χ2v) is 4.66. The van der Waals surface area contributed by atoms with E-state index in [0.717, 1.165) is 19.3 Å². The molecule has 1 aliphatic rings. The molecule has 112 valence electrons. The van der Waals surface area contributed by atoms with Crippen LogP contribution in [-0.4, -0.2) is 58.8 Å². The molecule has 19 heavy (non-hydrogen) atoms. The first kappa shape index (κ1) is 16.4. The van der Waals surface area contributed by atoms with Crippen LogP contribution < -0.4 is 5.73 Å². The Bertz CT molecular complexity index is 249. The summed E-state index contributed by atoms with van der Waals surface area (Å²) in [4.78, 5) is 11.6. The van der Waals surface area contributed by atoms with E-state index in [4.69, 9.17) is 24.7 Å². The van der Waals surface area contributed by atoms with Gasteiger partial charge in [0, 0.05) is 13.2 Å². The number of hydrogen-bond acceptors (Lipinski definition) is 6. The number of ether oxygens (including phenoxy) is 4. The van der Waals surface area contributed by atoms with Gasteiger partial charge in [0.05, 0.1) is 39.0 Å². The van der Waals surface area contributed by atoms with Gasteiger partial charge in [0.2, 0.25) is 0 Å². The minimum absolute atomic E-state index is 0.0209. The highest BCUT2D eigenvalue weighted by atomic mass is 16.6. The van der Waals surface area contributed by atoms with E-state index in [0.29, 0.717) is 39.6 Å². The summed E-state index contributed by atoms with van der Waals surface area (Å²) in [5.74, 6) is -0.166. The molecule has 2 N–H and O–H groups in total. The van der Waals surface area contributed by atoms with E-state index >= 15 is 0 Å². The molecule has 0 radical (unpaired) electrons. The van der Waals surface area contributed by atoms with Gasteiger partial charge in [-0.1, -0.05) is 0 Å². The highest BCUT2D eigenvalue weighted by Gasteiger charge is 2.28. The van der Waals surface area contributed by atoms with Crippen LogP contribution in [0.25, 0.3) is 0 Å². The summed E-state index contributed by atoms with van der Waals surface area (Å²) in [6.45, 7) is 2.86. The molecule has 0 aliphatic heterocycles. The van der Waals surface area contributed by atoms with Crippen molar-refractivity contribution in [2.45, 2.75) is 25.3 Å². The zero-order chi connectivity index (χ0) is 13.9. The third kappa shape index (κ3) is 7.47. The molecule has 6 heteroatoms. The first-order valence-electron chi connectivity index (χ1n) is 6.80. The van der Waals surface area contributed by atoms with Crippen LogP contribution in [0, 0.1) is 5.92 Å². The lowest BCUT2D eigenvalue weighted by Gasteiger charge is -2.10. The maximum atomic E-state index is 11.6. The summed E-state index contributed by atoms with van der Waals surface area (Å²) in [5, 5.41) is 0. The normalized spacial score (nSPS) is 22.6. The van der Waals surface area contributed by atoms with E-state index in [1.165, 1.54) is 0 Å². The summed E-state index contributed by atoms with van der Waals surface area (Å²) in [6, 6.07) is 0.151. The van der Waals surface area contributed by atoms with Gasteiger partial charge in [-0.15, -0.1) is 0 Å². The lowest BCUT2D eigenvalue weighted by molar-refractivity contribution is -0.150. The van der Waals surface area contributed by atoms with Crippen LogP contribution in [0.2, 0.25) is 0 Å². The fourth-order valence-corrected chi connectivity index (χ4v) is 2.01. The average Bonchev–Trinajstić information content (AvgIpc) is 2.83. The summed E-state index contributed by atoms with van der Waals surface area (Å²) in [7, 11) is 1.63. The van der Waals surface area contributed by atoms with Crippen molar-refractivity contribution in [1.82, 2.24) is 0 Å². The first-order chi connectivity index (χ1) is 9.24. The number of esters is 1. The number of rotatable bonds is 10. The Morgan fingerprint density at radius 3 is 2.26 bits per heavy atom. The van der Waals surface area contributed by atoms with Crippen LogP contribution >= 0.6 is 0 Å². The van der Waals surface area contributed by atoms with Gasteiger partial charge in [-0.25, -0.2) is 0 Å². The summed E-state index contributed by atoms with van der Waals surface area (Å²) in [5.41, 5.74) is 5.75. The zero-order valence-corrected chi connectivity index (χ0v) is 11.6. The van der Waals surface area contributed by atoms with Crippen molar-refractivity contribution in [3.8, 4) is 0 Å². The summed E-state index contributed by atoms with van der Waals surface area (Å²) >= 11 is 0. The summed E-state index contributed by atoms with van der Waals surface area (Å²) < 4.78 is 20.5. The van der Waals surface area contributed by atoms with Gasteiger partial charge in [0.25, 0.3) is 0 Å². The van der Waals surface area contributed by atoms with E-state index in [-0.39, 0.29) is 17.9 Å². The molecule has 0 aromatic carbocycles. The largest absolute Gasteiger partial charge is 0.463 e. The van der Waals surface area contributed by atoms with E-state index < -0.39 is 0 Å². The molecule has 0 saturated heterocycles. The Morgan fingerprint density at radius 2 is 1.68 bits per heavy atom. The van der Waals surface area contributed by atoms with Crippen molar-refractivity contribution >= 4 is 5.97 Å². The quantitative estimate of drug-likeness (QED) is 0.457. The Kier molecular flexibility index (Phi) is 8.73. The van der Waals surface area contributed by atoms with Crippen LogP contribution in [0.1, 0.15) is 19.3 Å². The van der Waals surface area contributed by atoms with Crippen molar-refractivity contribution < 1.29 is 23.7 Å². The number of nitrogens with two attached hydrogens (primary N) is 1. The smallest absolute Gasteiger partial charge is 0.309 e. The molecule has 1 saturated carbocycles. The molecule has 0 aromatic rings. The van der Waals surface area contributed by atoms with Crippen molar-refractivity contribution in [2.75, 3.05) is 46.8 Å². The lowest BCUT2D eigenvalue weighted by Crippen LogP contribution is -2.21. The van der Waals surface area contributed by atoms with Gasteiger partial charge in [0.1, 0.15) is 6.61 Å². The third-order valence-electron chi connectivity index (χ3n) is 3.08. The Hall–Kier alpha value is -0.690. The Morgan fingerprint density at radius 1 is 1.05 bits per heavy atom. The number of hydrogen-bond donors (Lipinski definition) is 1. The summed E-state index contributed by atoms with van der Waals surface area (Å²) in [6.07, 6.45) is 2.50. The standard InChI is InChI=1S/C13H25NO5/c1-16-4-5-17-6-7-18-8-9-19-13(15)11-2-3-12(14)10-11/h11-12H,2-10,14H2,1H3/t11-,12+/m1/s1. The molecular weight excluding hydrogens is 250 g/mol. The molecule has 1 aliphatic carbocycles. The molecule has 0 heterocycles. The molecule has 0 amide bonds. The highest BCUT2D eigenvalue weighted by molar-refractivity contribution is 5.72. The fraction of sp³-hybridized carbons (Fsp3) is 0.923. The number of methoxy groups -OCH3 is 1. The van der Waals surface area contributed by atoms with E-state index in [1.807, 2.05) is 0 Å². The number of carbonyl (C=O) groups excluding carboxylic acids is 1. The Labute approximate surface area is 114 Å². The second-order valence-electron chi connectivity index (χ2n) is 4.66. The van der Waals surface area contributed by atoms with E-state index in [1.54, 1.807) is 7.11 Å². The van der Waals surface area contributed by atoms with Gasteiger partial charge >= 0.3 is 5.97 Å². The third-order valence-corrected chi connectivity index (χ3v) is 3.08. The Balaban J connectivity index is 1.86. The van der Waals surface area contributed by atoms with Crippen LogP contribution in [-0.2, 0) is 23.7 Å². The molecule has 0 aromatic heterocycles. The van der Waals surface area contributed by atoms with Gasteiger partial charge in [0.15, 0.2) is 0 Å². The molecule has 1 fully saturated rings. The van der Waals surface area contributed by atoms with Gasteiger partial charge in [-0.2, -0.15) is 0 Å². The molecule has 0 bridgehead atoms. The SMILES string of the molecule is COCCOCCOCCOC(=O)[C@@H]1CC[C@H](N)C1.